The SMILES string of the molecule is O=C(CCl)c1cccc(OC(F)(F)F)c1S. The van der Waals surface area contributed by atoms with Crippen LogP contribution in [0.2, 0.25) is 0 Å². The van der Waals surface area contributed by atoms with Crippen LogP contribution in [0.1, 0.15) is 10.4 Å². The van der Waals surface area contributed by atoms with Crippen molar-refractivity contribution in [1.29, 1.82) is 0 Å². The molecule has 0 unspecified atom stereocenters. The van der Waals surface area contributed by atoms with Gasteiger partial charge in [-0.1, -0.05) is 6.07 Å². The van der Waals surface area contributed by atoms with Gasteiger partial charge in [-0.15, -0.1) is 37.4 Å². The first kappa shape index (κ1) is 13.2. The van der Waals surface area contributed by atoms with Crippen molar-refractivity contribution in [2.24, 2.45) is 0 Å². The maximum atomic E-state index is 12.0. The first-order chi connectivity index (χ1) is 7.35. The van der Waals surface area contributed by atoms with Gasteiger partial charge in [0.25, 0.3) is 0 Å². The van der Waals surface area contributed by atoms with E-state index in [2.05, 4.69) is 17.4 Å². The molecule has 0 atom stereocenters. The molecule has 88 valence electrons. The first-order valence-corrected chi connectivity index (χ1v) is 5.00. The number of Topliss-reactive ketones (excluding diaryl/α,β-unsaturated/α-hetero) is 1. The van der Waals surface area contributed by atoms with E-state index in [1.165, 1.54) is 12.1 Å². The molecule has 0 aliphatic rings. The van der Waals surface area contributed by atoms with Crippen molar-refractivity contribution in [3.8, 4) is 5.75 Å². The lowest BCUT2D eigenvalue weighted by atomic mass is 10.1. The third-order valence-corrected chi connectivity index (χ3v) is 2.35. The predicted octanol–water partition coefficient (Wildman–Crippen LogP) is 3.30. The van der Waals surface area contributed by atoms with Crippen LogP contribution in [-0.2, 0) is 0 Å². The lowest BCUT2D eigenvalue weighted by Crippen LogP contribution is -2.18. The van der Waals surface area contributed by atoms with Crippen LogP contribution in [0.5, 0.6) is 5.75 Å². The predicted molar refractivity (Wildman–Crippen MR) is 55.4 cm³/mol. The zero-order valence-electron chi connectivity index (χ0n) is 7.71. The number of ketones is 1. The van der Waals surface area contributed by atoms with Gasteiger partial charge in [-0.3, -0.25) is 4.79 Å². The number of alkyl halides is 4. The molecule has 0 amide bonds. The second kappa shape index (κ2) is 4.97. The van der Waals surface area contributed by atoms with Gasteiger partial charge in [0, 0.05) is 5.56 Å². The highest BCUT2D eigenvalue weighted by molar-refractivity contribution is 7.80. The van der Waals surface area contributed by atoms with E-state index in [-0.39, 0.29) is 16.3 Å². The van der Waals surface area contributed by atoms with Crippen LogP contribution in [0.15, 0.2) is 23.1 Å². The van der Waals surface area contributed by atoms with Gasteiger partial charge in [0.2, 0.25) is 0 Å². The summed E-state index contributed by atoms with van der Waals surface area (Å²) < 4.78 is 39.6. The molecule has 0 aliphatic heterocycles. The fourth-order valence-electron chi connectivity index (χ4n) is 1.03. The first-order valence-electron chi connectivity index (χ1n) is 4.02. The number of ether oxygens (including phenoxy) is 1. The van der Waals surface area contributed by atoms with Crippen molar-refractivity contribution in [2.75, 3.05) is 5.88 Å². The van der Waals surface area contributed by atoms with E-state index in [0.717, 1.165) is 6.07 Å². The van der Waals surface area contributed by atoms with E-state index in [1.54, 1.807) is 0 Å². The third-order valence-electron chi connectivity index (χ3n) is 1.65. The van der Waals surface area contributed by atoms with E-state index in [9.17, 15) is 18.0 Å². The summed E-state index contributed by atoms with van der Waals surface area (Å²) in [7, 11) is 0. The Balaban J connectivity index is 3.09. The standard InChI is InChI=1S/C9H6ClF3O2S/c10-4-6(14)5-2-1-3-7(8(5)16)15-9(11,12)13/h1-3,16H,4H2. The molecule has 0 bridgehead atoms. The van der Waals surface area contributed by atoms with Gasteiger partial charge >= 0.3 is 6.36 Å². The number of rotatable bonds is 3. The lowest BCUT2D eigenvalue weighted by Gasteiger charge is -2.12. The van der Waals surface area contributed by atoms with Crippen LogP contribution < -0.4 is 4.74 Å². The number of halogens is 4. The van der Waals surface area contributed by atoms with Crippen molar-refractivity contribution in [3.63, 3.8) is 0 Å². The number of carbonyl (C=O) groups is 1. The smallest absolute Gasteiger partial charge is 0.405 e. The summed E-state index contributed by atoms with van der Waals surface area (Å²) in [4.78, 5) is 11.1. The zero-order valence-corrected chi connectivity index (χ0v) is 9.37. The lowest BCUT2D eigenvalue weighted by molar-refractivity contribution is -0.275. The molecule has 0 N–H and O–H groups in total. The molecule has 16 heavy (non-hydrogen) atoms. The Bertz CT molecular complexity index is 406. The molecule has 0 fully saturated rings. The van der Waals surface area contributed by atoms with Crippen molar-refractivity contribution in [1.82, 2.24) is 0 Å². The molecule has 0 saturated carbocycles. The number of hydrogen-bond acceptors (Lipinski definition) is 3. The van der Waals surface area contributed by atoms with Crippen LogP contribution >= 0.6 is 24.2 Å². The summed E-state index contributed by atoms with van der Waals surface area (Å²) in [6.07, 6.45) is -4.82. The maximum Gasteiger partial charge on any atom is 0.573 e. The Morgan fingerprint density at radius 3 is 2.56 bits per heavy atom. The van der Waals surface area contributed by atoms with E-state index in [4.69, 9.17) is 11.6 Å². The highest BCUT2D eigenvalue weighted by atomic mass is 35.5. The molecule has 0 radical (unpaired) electrons. The second-order valence-corrected chi connectivity index (χ2v) is 3.47. The average Bonchev–Trinajstić information content (AvgIpc) is 2.18. The Morgan fingerprint density at radius 2 is 2.06 bits per heavy atom. The second-order valence-electron chi connectivity index (χ2n) is 2.76. The van der Waals surface area contributed by atoms with Gasteiger partial charge in [0.05, 0.1) is 10.8 Å². The summed E-state index contributed by atoms with van der Waals surface area (Å²) in [6, 6.07) is 3.66. The van der Waals surface area contributed by atoms with Gasteiger partial charge < -0.3 is 4.74 Å². The Hall–Kier alpha value is -0.880. The van der Waals surface area contributed by atoms with Crippen molar-refractivity contribution < 1.29 is 22.7 Å². The molecule has 1 rings (SSSR count). The summed E-state index contributed by atoms with van der Waals surface area (Å²) in [6.45, 7) is 0. The Morgan fingerprint density at radius 1 is 1.44 bits per heavy atom. The molecular weight excluding hydrogens is 265 g/mol. The van der Waals surface area contributed by atoms with Crippen molar-refractivity contribution in [2.45, 2.75) is 11.3 Å². The topological polar surface area (TPSA) is 26.3 Å². The van der Waals surface area contributed by atoms with E-state index in [1.807, 2.05) is 0 Å². The molecule has 0 aliphatic carbocycles. The molecular formula is C9H6ClF3O2S. The molecule has 1 aromatic carbocycles. The minimum Gasteiger partial charge on any atom is -0.405 e. The van der Waals surface area contributed by atoms with Crippen molar-refractivity contribution in [3.05, 3.63) is 23.8 Å². The summed E-state index contributed by atoms with van der Waals surface area (Å²) >= 11 is 9.11. The number of carbonyl (C=O) groups excluding carboxylic acids is 1. The normalized spacial score (nSPS) is 11.3. The zero-order chi connectivity index (χ0) is 12.3. The number of thiol groups is 1. The average molecular weight is 271 g/mol. The van der Waals surface area contributed by atoms with Gasteiger partial charge in [0.15, 0.2) is 5.78 Å². The maximum absolute atomic E-state index is 12.0. The Kier molecular flexibility index (Phi) is 4.09. The van der Waals surface area contributed by atoms with Crippen LogP contribution in [0.25, 0.3) is 0 Å². The van der Waals surface area contributed by atoms with Crippen LogP contribution in [0, 0.1) is 0 Å². The number of hydrogen-bond donors (Lipinski definition) is 1. The molecule has 0 aromatic heterocycles. The summed E-state index contributed by atoms with van der Waals surface area (Å²) in [5, 5.41) is 0. The molecule has 2 nitrogen and oxygen atoms in total. The van der Waals surface area contributed by atoms with E-state index < -0.39 is 17.9 Å². The highest BCUT2D eigenvalue weighted by Gasteiger charge is 2.32. The van der Waals surface area contributed by atoms with Crippen LogP contribution in [0.4, 0.5) is 13.2 Å². The van der Waals surface area contributed by atoms with E-state index >= 15 is 0 Å². The molecule has 0 spiro atoms. The van der Waals surface area contributed by atoms with Gasteiger partial charge in [-0.05, 0) is 12.1 Å². The molecule has 1 aromatic rings. The summed E-state index contributed by atoms with van der Waals surface area (Å²) in [5.74, 6) is -1.37. The minimum absolute atomic E-state index is 0.0000772. The third kappa shape index (κ3) is 3.31. The Labute approximate surface area is 99.8 Å². The minimum atomic E-state index is -4.82. The van der Waals surface area contributed by atoms with Crippen LogP contribution in [0.3, 0.4) is 0 Å². The fraction of sp³-hybridized carbons (Fsp3) is 0.222. The van der Waals surface area contributed by atoms with Gasteiger partial charge in [0.1, 0.15) is 5.75 Å². The highest BCUT2D eigenvalue weighted by Crippen LogP contribution is 2.31. The van der Waals surface area contributed by atoms with Crippen molar-refractivity contribution >= 4 is 30.0 Å². The largest absolute Gasteiger partial charge is 0.573 e. The monoisotopic (exact) mass is 270 g/mol. The molecule has 0 saturated heterocycles. The van der Waals surface area contributed by atoms with Gasteiger partial charge in [-0.25, -0.2) is 0 Å². The quantitative estimate of drug-likeness (QED) is 0.518. The van der Waals surface area contributed by atoms with Crippen LogP contribution in [-0.4, -0.2) is 18.0 Å². The number of benzene rings is 1. The fourth-order valence-corrected chi connectivity index (χ4v) is 1.49. The molecule has 0 heterocycles. The summed E-state index contributed by atoms with van der Waals surface area (Å²) in [5.41, 5.74) is 0.0000772. The van der Waals surface area contributed by atoms with Gasteiger partial charge in [-0.2, -0.15) is 0 Å². The van der Waals surface area contributed by atoms with E-state index in [0.29, 0.717) is 0 Å². The molecule has 7 heteroatoms.